The van der Waals surface area contributed by atoms with Crippen LogP contribution in [0.1, 0.15) is 33.9 Å². The molecule has 0 amide bonds. The summed E-state index contributed by atoms with van der Waals surface area (Å²) in [6.45, 7) is 0.623. The van der Waals surface area contributed by atoms with Gasteiger partial charge in [0, 0.05) is 18.2 Å². The lowest BCUT2D eigenvalue weighted by Crippen LogP contribution is -2.44. The molecule has 4 atom stereocenters. The lowest BCUT2D eigenvalue weighted by Gasteiger charge is -2.26. The summed E-state index contributed by atoms with van der Waals surface area (Å²) in [4.78, 5) is 50.9. The molecule has 0 bridgehead atoms. The van der Waals surface area contributed by atoms with Crippen LogP contribution in [0.3, 0.4) is 0 Å². The molecule has 1 aliphatic rings. The number of aromatic nitrogens is 2. The van der Waals surface area contributed by atoms with Crippen molar-refractivity contribution < 1.29 is 28.2 Å². The van der Waals surface area contributed by atoms with Crippen LogP contribution in [0.25, 0.3) is 0 Å². The molecule has 9 nitrogen and oxygen atoms in total. The molecule has 1 aromatic heterocycles. The van der Waals surface area contributed by atoms with E-state index < -0.39 is 53.9 Å². The van der Waals surface area contributed by atoms with Gasteiger partial charge < -0.3 is 14.2 Å². The second kappa shape index (κ2) is 9.44. The fourth-order valence-corrected chi connectivity index (χ4v) is 3.75. The van der Waals surface area contributed by atoms with Crippen molar-refractivity contribution in [1.82, 2.24) is 9.55 Å². The predicted octanol–water partition coefficient (Wildman–Crippen LogP) is 2.45. The first kappa shape index (κ1) is 23.1. The largest absolute Gasteiger partial charge is 0.456 e. The minimum absolute atomic E-state index is 0.183. The molecule has 4 rings (SSSR count). The third kappa shape index (κ3) is 4.67. The van der Waals surface area contributed by atoms with Crippen LogP contribution in [0, 0.1) is 5.92 Å². The summed E-state index contributed by atoms with van der Waals surface area (Å²) in [5.74, 6) is -5.27. The molecule has 0 aliphatic carbocycles. The Kier molecular flexibility index (Phi) is 6.42. The number of rotatable bonds is 6. The van der Waals surface area contributed by atoms with E-state index in [1.165, 1.54) is 31.2 Å². The highest BCUT2D eigenvalue weighted by atomic mass is 19.2. The van der Waals surface area contributed by atoms with Crippen molar-refractivity contribution >= 4 is 11.9 Å². The van der Waals surface area contributed by atoms with Crippen LogP contribution < -0.4 is 11.2 Å². The van der Waals surface area contributed by atoms with E-state index in [0.717, 1.165) is 16.8 Å². The quantitative estimate of drug-likeness (QED) is 0.553. The molecular formula is C24H21FN2O7. The van der Waals surface area contributed by atoms with E-state index in [2.05, 4.69) is 4.98 Å². The summed E-state index contributed by atoms with van der Waals surface area (Å²) < 4.78 is 33.3. The molecule has 1 saturated heterocycles. The highest BCUT2D eigenvalue weighted by Crippen LogP contribution is 2.44. The number of esters is 2. The third-order valence-electron chi connectivity index (χ3n) is 5.45. The van der Waals surface area contributed by atoms with Gasteiger partial charge in [-0.05, 0) is 24.3 Å². The van der Waals surface area contributed by atoms with Crippen LogP contribution in [-0.2, 0) is 14.2 Å². The number of nitrogens with one attached hydrogen (secondary N) is 1. The SMILES string of the molecule is CC1C(n2ccc(=O)[nH]c2=O)OC(F)(COC(=O)c2ccccc2)C1OC(=O)c1ccccc1. The van der Waals surface area contributed by atoms with Gasteiger partial charge in [0.2, 0.25) is 0 Å². The number of nitrogens with zero attached hydrogens (tertiary/aromatic N) is 1. The summed E-state index contributed by atoms with van der Waals surface area (Å²) in [6.07, 6.45) is -1.63. The molecule has 1 aliphatic heterocycles. The van der Waals surface area contributed by atoms with E-state index in [1.54, 1.807) is 36.4 Å². The summed E-state index contributed by atoms with van der Waals surface area (Å²) >= 11 is 0. The van der Waals surface area contributed by atoms with Gasteiger partial charge in [0.15, 0.2) is 12.7 Å². The fraction of sp³-hybridized carbons (Fsp3) is 0.250. The Balaban J connectivity index is 1.62. The number of carbonyl (C=O) groups excluding carboxylic acids is 2. The van der Waals surface area contributed by atoms with Crippen molar-refractivity contribution in [2.45, 2.75) is 25.1 Å². The summed E-state index contributed by atoms with van der Waals surface area (Å²) in [7, 11) is 0. The average Bonchev–Trinajstić information content (AvgIpc) is 3.09. The van der Waals surface area contributed by atoms with E-state index in [4.69, 9.17) is 14.2 Å². The first-order valence-corrected chi connectivity index (χ1v) is 10.4. The standard InChI is InChI=1S/C24H21FN2O7/c1-15-19(33-22(30)17-10-6-3-7-11-17)24(25,14-32-21(29)16-8-4-2-5-9-16)34-20(15)27-13-12-18(28)26-23(27)31/h2-13,15,19-20H,14H2,1H3,(H,26,28,31). The molecule has 1 N–H and O–H groups in total. The highest BCUT2D eigenvalue weighted by molar-refractivity contribution is 5.90. The molecule has 2 aromatic carbocycles. The number of ether oxygens (including phenoxy) is 3. The van der Waals surface area contributed by atoms with Crippen molar-refractivity contribution in [2.75, 3.05) is 6.61 Å². The summed E-state index contributed by atoms with van der Waals surface area (Å²) in [5.41, 5.74) is -1.09. The minimum atomic E-state index is -2.77. The maximum absolute atomic E-state index is 16.2. The molecule has 2 heterocycles. The van der Waals surface area contributed by atoms with Gasteiger partial charge in [-0.15, -0.1) is 0 Å². The van der Waals surface area contributed by atoms with Gasteiger partial charge in [-0.25, -0.2) is 18.8 Å². The molecule has 0 saturated carbocycles. The zero-order chi connectivity index (χ0) is 24.3. The smallest absolute Gasteiger partial charge is 0.338 e. The zero-order valence-corrected chi connectivity index (χ0v) is 18.1. The predicted molar refractivity (Wildman–Crippen MR) is 117 cm³/mol. The zero-order valence-electron chi connectivity index (χ0n) is 18.1. The summed E-state index contributed by atoms with van der Waals surface area (Å²) in [5, 5.41) is 0. The van der Waals surface area contributed by atoms with E-state index in [-0.39, 0.29) is 11.1 Å². The number of alkyl halides is 1. The topological polar surface area (TPSA) is 117 Å². The first-order valence-electron chi connectivity index (χ1n) is 10.4. The molecule has 0 radical (unpaired) electrons. The lowest BCUT2D eigenvalue weighted by atomic mass is 10.00. The third-order valence-corrected chi connectivity index (χ3v) is 5.45. The normalized spacial score (nSPS) is 23.9. The maximum Gasteiger partial charge on any atom is 0.338 e. The molecule has 176 valence electrons. The van der Waals surface area contributed by atoms with Crippen molar-refractivity contribution in [3.63, 3.8) is 0 Å². The van der Waals surface area contributed by atoms with Crippen molar-refractivity contribution in [1.29, 1.82) is 0 Å². The minimum Gasteiger partial charge on any atom is -0.456 e. The number of benzene rings is 2. The van der Waals surface area contributed by atoms with Gasteiger partial charge in [0.05, 0.1) is 11.1 Å². The van der Waals surface area contributed by atoms with Crippen LogP contribution in [0.4, 0.5) is 4.39 Å². The molecular weight excluding hydrogens is 447 g/mol. The Morgan fingerprint density at radius 2 is 1.59 bits per heavy atom. The molecule has 3 aromatic rings. The van der Waals surface area contributed by atoms with Gasteiger partial charge in [-0.2, -0.15) is 0 Å². The van der Waals surface area contributed by atoms with Gasteiger partial charge in [-0.3, -0.25) is 14.3 Å². The molecule has 4 unspecified atom stereocenters. The van der Waals surface area contributed by atoms with E-state index >= 15 is 4.39 Å². The number of hydrogen-bond donors (Lipinski definition) is 1. The molecule has 34 heavy (non-hydrogen) atoms. The number of aromatic amines is 1. The van der Waals surface area contributed by atoms with Gasteiger partial charge in [0.25, 0.3) is 11.4 Å². The van der Waals surface area contributed by atoms with Crippen molar-refractivity contribution in [2.24, 2.45) is 5.92 Å². The van der Waals surface area contributed by atoms with Crippen molar-refractivity contribution in [3.8, 4) is 0 Å². The fourth-order valence-electron chi connectivity index (χ4n) is 3.75. The second-order valence-corrected chi connectivity index (χ2v) is 7.81. The van der Waals surface area contributed by atoms with Crippen LogP contribution in [0.15, 0.2) is 82.5 Å². The van der Waals surface area contributed by atoms with Crippen molar-refractivity contribution in [3.05, 3.63) is 105 Å². The van der Waals surface area contributed by atoms with E-state index in [1.807, 2.05) is 0 Å². The maximum atomic E-state index is 16.2. The number of H-pyrrole nitrogens is 1. The van der Waals surface area contributed by atoms with E-state index in [9.17, 15) is 19.2 Å². The number of halogens is 1. The Morgan fingerprint density at radius 1 is 1.00 bits per heavy atom. The average molecular weight is 468 g/mol. The Bertz CT molecular complexity index is 1290. The van der Waals surface area contributed by atoms with Crippen LogP contribution in [-0.4, -0.2) is 40.1 Å². The van der Waals surface area contributed by atoms with Gasteiger partial charge in [-0.1, -0.05) is 43.3 Å². The second-order valence-electron chi connectivity index (χ2n) is 7.81. The Morgan fingerprint density at radius 3 is 2.18 bits per heavy atom. The number of carbonyl (C=O) groups is 2. The molecule has 10 heteroatoms. The first-order chi connectivity index (χ1) is 16.3. The van der Waals surface area contributed by atoms with E-state index in [0.29, 0.717) is 0 Å². The van der Waals surface area contributed by atoms with Crippen LogP contribution in [0.5, 0.6) is 0 Å². The van der Waals surface area contributed by atoms with Gasteiger partial charge in [0.1, 0.15) is 6.23 Å². The summed E-state index contributed by atoms with van der Waals surface area (Å²) in [6, 6.07) is 17.0. The van der Waals surface area contributed by atoms with Gasteiger partial charge >= 0.3 is 17.6 Å². The molecule has 0 spiro atoms. The lowest BCUT2D eigenvalue weighted by molar-refractivity contribution is -0.208. The van der Waals surface area contributed by atoms with Crippen LogP contribution >= 0.6 is 0 Å². The van der Waals surface area contributed by atoms with Crippen LogP contribution in [0.2, 0.25) is 0 Å². The Hall–Kier alpha value is -4.05. The monoisotopic (exact) mass is 468 g/mol. The Labute approximate surface area is 192 Å². The molecule has 1 fully saturated rings. The number of hydrogen-bond acceptors (Lipinski definition) is 7. The highest BCUT2D eigenvalue weighted by Gasteiger charge is 2.58.